The molecule has 0 saturated carbocycles. The molecule has 2 rings (SSSR count). The summed E-state index contributed by atoms with van der Waals surface area (Å²) >= 11 is 0. The highest BCUT2D eigenvalue weighted by molar-refractivity contribution is 7.90. The molecule has 1 fully saturated rings. The number of rotatable bonds is 17. The quantitative estimate of drug-likeness (QED) is 0.202. The Morgan fingerprint density at radius 3 is 2.05 bits per heavy atom. The largest absolute Gasteiger partial charge is 0.471 e. The van der Waals surface area contributed by atoms with Gasteiger partial charge in [0.05, 0.1) is 41.5 Å². The van der Waals surface area contributed by atoms with Gasteiger partial charge in [-0.05, 0) is 69.7 Å². The van der Waals surface area contributed by atoms with Crippen molar-refractivity contribution in [1.29, 1.82) is 0 Å². The van der Waals surface area contributed by atoms with Crippen LogP contribution >= 0.6 is 0 Å². The second kappa shape index (κ2) is 19.9. The molecule has 56 heavy (non-hydrogen) atoms. The SMILES string of the molecule is CC[C@H](C)[C@@H]([C@@H](CC(=O)N1CCC[C@H]1C(OC)[C@@H](C)C(=O)NS(=O)(=O)c1ccc(NC(=O)C(F)(F)F)cc1)OC)N(C)C(=O)[C@@H](NC(=O)OC(C)(C)C)C(C)C. The number of halogens is 3. The molecule has 5 amide bonds. The Labute approximate surface area is 327 Å². The van der Waals surface area contributed by atoms with Crippen molar-refractivity contribution in [2.45, 2.75) is 128 Å². The maximum Gasteiger partial charge on any atom is 0.471 e. The van der Waals surface area contributed by atoms with Gasteiger partial charge in [-0.15, -0.1) is 0 Å². The number of anilines is 1. The Hall–Kier alpha value is -3.97. The molecule has 1 heterocycles. The molecule has 1 aromatic rings. The summed E-state index contributed by atoms with van der Waals surface area (Å²) in [6.45, 7) is 14.4. The minimum Gasteiger partial charge on any atom is -0.444 e. The van der Waals surface area contributed by atoms with Crippen LogP contribution in [0.15, 0.2) is 29.2 Å². The van der Waals surface area contributed by atoms with Crippen LogP contribution < -0.4 is 15.4 Å². The number of carbonyl (C=O) groups excluding carboxylic acids is 5. The van der Waals surface area contributed by atoms with Crippen molar-refractivity contribution in [1.82, 2.24) is 19.8 Å². The standard InChI is InChI=1S/C37H58F3N5O10S/c1-12-22(4)30(44(9)33(48)29(21(2)3)42-35(50)55-36(6,7)8)27(53-10)20-28(46)45-19-13-14-26(45)31(54-11)23(5)32(47)43-56(51,52)25-17-15-24(16-18-25)41-34(49)37(38,39)40/h15-18,21-23,26-27,29-31H,12-14,19-20H2,1-11H3,(H,41,49)(H,42,50)(H,43,47)/t22-,23+,26-,27+,29-,30-,31?/m0/s1. The van der Waals surface area contributed by atoms with E-state index in [4.69, 9.17) is 14.2 Å². The van der Waals surface area contributed by atoms with Crippen molar-refractivity contribution >= 4 is 45.4 Å². The van der Waals surface area contributed by atoms with Crippen molar-refractivity contribution in [3.05, 3.63) is 24.3 Å². The minimum atomic E-state index is -5.15. The zero-order chi connectivity index (χ0) is 42.9. The number of hydrogen-bond donors (Lipinski definition) is 3. The van der Waals surface area contributed by atoms with E-state index in [9.17, 15) is 45.6 Å². The van der Waals surface area contributed by atoms with Gasteiger partial charge >= 0.3 is 18.2 Å². The van der Waals surface area contributed by atoms with E-state index in [0.29, 0.717) is 25.8 Å². The Morgan fingerprint density at radius 1 is 0.982 bits per heavy atom. The second-order valence-corrected chi connectivity index (χ2v) is 17.1. The van der Waals surface area contributed by atoms with Gasteiger partial charge < -0.3 is 34.6 Å². The van der Waals surface area contributed by atoms with Crippen LogP contribution in [0.3, 0.4) is 0 Å². The predicted molar refractivity (Wildman–Crippen MR) is 201 cm³/mol. The number of nitrogens with zero attached hydrogens (tertiary/aromatic N) is 2. The molecule has 15 nitrogen and oxygen atoms in total. The Morgan fingerprint density at radius 2 is 1.57 bits per heavy atom. The van der Waals surface area contributed by atoms with Crippen molar-refractivity contribution in [3.8, 4) is 0 Å². The number of likely N-dealkylation sites (N-methyl/N-ethyl adjacent to an activating group) is 1. The lowest BCUT2D eigenvalue weighted by Crippen LogP contribution is -2.58. The number of amides is 5. The van der Waals surface area contributed by atoms with Crippen LogP contribution in [0.1, 0.15) is 81.1 Å². The number of alkyl halides is 3. The molecular formula is C37H58F3N5O10S. The molecule has 19 heteroatoms. The van der Waals surface area contributed by atoms with Crippen LogP contribution in [0.4, 0.5) is 23.7 Å². The van der Waals surface area contributed by atoms with Crippen LogP contribution in [-0.2, 0) is 43.4 Å². The van der Waals surface area contributed by atoms with Gasteiger partial charge in [0.25, 0.3) is 10.0 Å². The van der Waals surface area contributed by atoms with Crippen LogP contribution in [0.25, 0.3) is 0 Å². The summed E-state index contributed by atoms with van der Waals surface area (Å²) in [4.78, 5) is 67.9. The number of hydrogen-bond acceptors (Lipinski definition) is 10. The van der Waals surface area contributed by atoms with Crippen molar-refractivity contribution in [3.63, 3.8) is 0 Å². The number of nitrogens with one attached hydrogen (secondary N) is 3. The molecule has 3 N–H and O–H groups in total. The number of methoxy groups -OCH3 is 2. The first-order chi connectivity index (χ1) is 25.8. The first kappa shape index (κ1) is 48.2. The fourth-order valence-corrected chi connectivity index (χ4v) is 7.74. The molecule has 1 saturated heterocycles. The van der Waals surface area contributed by atoms with Crippen LogP contribution in [-0.4, -0.2) is 118 Å². The van der Waals surface area contributed by atoms with E-state index in [2.05, 4.69) is 5.32 Å². The summed E-state index contributed by atoms with van der Waals surface area (Å²) in [6, 6.07) is 1.61. The third kappa shape index (κ3) is 13.0. The van der Waals surface area contributed by atoms with Gasteiger partial charge in [0, 0.05) is 33.5 Å². The van der Waals surface area contributed by atoms with Gasteiger partial charge in [-0.1, -0.05) is 41.0 Å². The monoisotopic (exact) mass is 821 g/mol. The van der Waals surface area contributed by atoms with Gasteiger partial charge in [-0.3, -0.25) is 19.2 Å². The highest BCUT2D eigenvalue weighted by Crippen LogP contribution is 2.30. The number of ether oxygens (including phenoxy) is 3. The second-order valence-electron chi connectivity index (χ2n) is 15.4. The van der Waals surface area contributed by atoms with Gasteiger partial charge in [0.1, 0.15) is 11.6 Å². The molecule has 0 aliphatic carbocycles. The van der Waals surface area contributed by atoms with E-state index in [1.165, 1.54) is 26.0 Å². The summed E-state index contributed by atoms with van der Waals surface area (Å²) in [7, 11) is -0.111. The minimum absolute atomic E-state index is 0.141. The smallest absolute Gasteiger partial charge is 0.444 e. The molecule has 1 aliphatic rings. The lowest BCUT2D eigenvalue weighted by Gasteiger charge is -2.40. The highest BCUT2D eigenvalue weighted by atomic mass is 32.2. The third-order valence-corrected chi connectivity index (χ3v) is 11.1. The number of likely N-dealkylation sites (tertiary alicyclic amines) is 1. The van der Waals surface area contributed by atoms with Crippen LogP contribution in [0.5, 0.6) is 0 Å². The van der Waals surface area contributed by atoms with E-state index in [1.54, 1.807) is 51.9 Å². The molecule has 0 spiro atoms. The van der Waals surface area contributed by atoms with E-state index in [1.807, 2.05) is 18.6 Å². The Kier molecular flexibility index (Phi) is 17.2. The number of sulfonamides is 1. The van der Waals surface area contributed by atoms with Crippen LogP contribution in [0, 0.1) is 17.8 Å². The molecule has 318 valence electrons. The summed E-state index contributed by atoms with van der Waals surface area (Å²) in [5.41, 5.74) is -1.09. The highest BCUT2D eigenvalue weighted by Gasteiger charge is 2.43. The lowest BCUT2D eigenvalue weighted by molar-refractivity contribution is -0.167. The number of alkyl carbamates (subject to hydrolysis) is 1. The molecule has 7 atom stereocenters. The van der Waals surface area contributed by atoms with Crippen molar-refractivity contribution in [2.75, 3.05) is 33.1 Å². The van der Waals surface area contributed by atoms with E-state index >= 15 is 0 Å². The van der Waals surface area contributed by atoms with Gasteiger partial charge in [0.2, 0.25) is 17.7 Å². The van der Waals surface area contributed by atoms with Crippen molar-refractivity contribution < 1.29 is 59.8 Å². The molecule has 1 aromatic carbocycles. The van der Waals surface area contributed by atoms with E-state index in [0.717, 1.165) is 24.3 Å². The van der Waals surface area contributed by atoms with Gasteiger partial charge in [0.15, 0.2) is 0 Å². The first-order valence-electron chi connectivity index (χ1n) is 18.5. The zero-order valence-corrected chi connectivity index (χ0v) is 34.8. The van der Waals surface area contributed by atoms with Crippen LogP contribution in [0.2, 0.25) is 0 Å². The maximum absolute atomic E-state index is 14.1. The summed E-state index contributed by atoms with van der Waals surface area (Å²) in [5.74, 6) is -5.44. The summed E-state index contributed by atoms with van der Waals surface area (Å²) in [5, 5.41) is 4.30. The first-order valence-corrected chi connectivity index (χ1v) is 19.9. The van der Waals surface area contributed by atoms with Crippen molar-refractivity contribution in [2.24, 2.45) is 17.8 Å². The van der Waals surface area contributed by atoms with E-state index < -0.39 is 80.9 Å². The summed E-state index contributed by atoms with van der Waals surface area (Å²) < 4.78 is 82.8. The summed E-state index contributed by atoms with van der Waals surface area (Å²) in [6.07, 6.45) is -6.11. The van der Waals surface area contributed by atoms with Gasteiger partial charge in [-0.2, -0.15) is 13.2 Å². The Balaban J connectivity index is 2.25. The topological polar surface area (TPSA) is 190 Å². The molecule has 0 radical (unpaired) electrons. The molecule has 0 bridgehead atoms. The zero-order valence-electron chi connectivity index (χ0n) is 34.0. The molecular weight excluding hydrogens is 763 g/mol. The number of benzene rings is 1. The predicted octanol–water partition coefficient (Wildman–Crippen LogP) is 4.46. The third-order valence-electron chi connectivity index (χ3n) is 9.78. The number of carbonyl (C=O) groups is 5. The van der Waals surface area contributed by atoms with E-state index in [-0.39, 0.29) is 35.8 Å². The lowest BCUT2D eigenvalue weighted by atomic mass is 9.89. The average Bonchev–Trinajstić information content (AvgIpc) is 3.58. The molecule has 1 unspecified atom stereocenters. The fourth-order valence-electron chi connectivity index (χ4n) is 6.68. The molecule has 0 aromatic heterocycles. The average molecular weight is 822 g/mol. The Bertz CT molecular complexity index is 1640. The molecule has 1 aliphatic heterocycles. The normalized spacial score (nSPS) is 18.3. The maximum atomic E-state index is 14.1. The van der Waals surface area contributed by atoms with Gasteiger partial charge in [-0.25, -0.2) is 17.9 Å². The fraction of sp³-hybridized carbons (Fsp3) is 0.703.